The van der Waals surface area contributed by atoms with E-state index in [1.807, 2.05) is 6.92 Å². The van der Waals surface area contributed by atoms with Gasteiger partial charge in [-0.25, -0.2) is 38.8 Å². The highest BCUT2D eigenvalue weighted by Crippen LogP contribution is 2.52. The summed E-state index contributed by atoms with van der Waals surface area (Å²) >= 11 is 8.84. The number of nitrogen functional groups attached to an aromatic ring is 2. The van der Waals surface area contributed by atoms with Crippen molar-refractivity contribution in [2.45, 2.75) is 50.5 Å². The molecular weight excluding hydrogens is 662 g/mol. The summed E-state index contributed by atoms with van der Waals surface area (Å²) in [6.45, 7) is -6.63. The Balaban J connectivity index is 1.17. The van der Waals surface area contributed by atoms with E-state index in [0.717, 1.165) is 4.57 Å². The maximum absolute atomic E-state index is 12.9. The van der Waals surface area contributed by atoms with Crippen LogP contribution in [0.2, 0.25) is 0 Å². The largest absolute Gasteiger partial charge is 0.383 e. The highest BCUT2D eigenvalue weighted by atomic mass is 32.7. The first-order chi connectivity index (χ1) is 20.8. The summed E-state index contributed by atoms with van der Waals surface area (Å²) in [5.74, 6) is 0.264. The molecule has 6 rings (SSSR count). The molecule has 4 aromatic rings. The summed E-state index contributed by atoms with van der Waals surface area (Å²) in [6, 6.07) is 0. The second kappa shape index (κ2) is 12.0. The van der Waals surface area contributed by atoms with E-state index in [4.69, 9.17) is 46.3 Å². The van der Waals surface area contributed by atoms with Crippen molar-refractivity contribution >= 4 is 71.5 Å². The topological polar surface area (TPSA) is 263 Å². The maximum atomic E-state index is 12.9. The Kier molecular flexibility index (Phi) is 8.57. The van der Waals surface area contributed by atoms with Crippen LogP contribution < -0.4 is 17.2 Å². The van der Waals surface area contributed by atoms with Crippen LogP contribution in [0.4, 0.5) is 11.6 Å². The zero-order valence-electron chi connectivity index (χ0n) is 22.8. The zero-order valence-corrected chi connectivity index (χ0v) is 26.3. The minimum absolute atomic E-state index is 0.00245. The number of nitrogens with two attached hydrogens (primary N) is 2. The van der Waals surface area contributed by atoms with Crippen LogP contribution in [-0.2, 0) is 39.4 Å². The summed E-state index contributed by atoms with van der Waals surface area (Å²) in [7, 11) is 0. The average molecular weight is 691 g/mol. The number of H-pyrrole nitrogens is 1. The van der Waals surface area contributed by atoms with E-state index in [2.05, 4.69) is 42.2 Å². The summed E-state index contributed by atoms with van der Waals surface area (Å²) < 4.78 is 43.1. The number of hydrogen-bond acceptors (Lipinski definition) is 15. The quantitative estimate of drug-likeness (QED) is 0.100. The van der Waals surface area contributed by atoms with E-state index >= 15 is 0 Å². The van der Waals surface area contributed by atoms with Crippen LogP contribution in [0.5, 0.6) is 0 Å². The molecule has 8 atom stereocenters. The molecule has 4 aromatic heterocycles. The Labute approximate surface area is 258 Å². The van der Waals surface area contributed by atoms with Crippen LogP contribution in [0.3, 0.4) is 0 Å². The molecule has 2 fully saturated rings. The van der Waals surface area contributed by atoms with Crippen molar-refractivity contribution in [1.82, 2.24) is 39.0 Å². The third-order valence-electron chi connectivity index (χ3n) is 7.27. The summed E-state index contributed by atoms with van der Waals surface area (Å²) in [4.78, 5) is 56.5. The number of aromatic amines is 1. The van der Waals surface area contributed by atoms with Crippen LogP contribution in [0.1, 0.15) is 32.2 Å². The predicted octanol–water partition coefficient (Wildman–Crippen LogP) is 1.00. The number of thiol groups is 1. The van der Waals surface area contributed by atoms with E-state index in [9.17, 15) is 19.1 Å². The standard InChI is InChI=1S/C21H28N10O9P2S2/c1-9-2-13(30-8-28-14-16(22)24-6-26-18(14)30)39-12(9)5-37-42(35,44)40-11-3-10(4-36-41(33,34)43)38-20(11)31-19-15(29-21(31)32)17(23)25-7-27-19/h6-13,20H,2-5H2,1H3,(H,29,32)(H,35,44)(H2,22,24,26)(H2,23,25,27)(H2,33,34,43)/t9-,10+,11-,12-,13-,20-,42?/m1/s1. The lowest BCUT2D eigenvalue weighted by Crippen LogP contribution is -2.30. The normalized spacial score (nSPS) is 28.5. The van der Waals surface area contributed by atoms with Crippen molar-refractivity contribution in [3.63, 3.8) is 0 Å². The second-order valence-corrected chi connectivity index (χ2v) is 15.8. The Morgan fingerprint density at radius 1 is 1.09 bits per heavy atom. The lowest BCUT2D eigenvalue weighted by Gasteiger charge is -2.25. The highest BCUT2D eigenvalue weighted by molar-refractivity contribution is 8.44. The van der Waals surface area contributed by atoms with Gasteiger partial charge in [0, 0.05) is 6.42 Å². The molecule has 19 nitrogen and oxygen atoms in total. The molecule has 7 N–H and O–H groups in total. The number of ether oxygens (including phenoxy) is 2. The molecule has 2 aliphatic rings. The second-order valence-electron chi connectivity index (χ2n) is 10.3. The van der Waals surface area contributed by atoms with Gasteiger partial charge in [-0.2, -0.15) is 0 Å². The van der Waals surface area contributed by atoms with Crippen LogP contribution in [0.15, 0.2) is 23.8 Å². The smallest absolute Gasteiger partial charge is 0.382 e. The van der Waals surface area contributed by atoms with Gasteiger partial charge >= 0.3 is 19.2 Å². The Hall–Kier alpha value is -2.55. The van der Waals surface area contributed by atoms with Gasteiger partial charge in [0.05, 0.1) is 31.7 Å². The number of anilines is 2. The van der Waals surface area contributed by atoms with Crippen molar-refractivity contribution in [3.05, 3.63) is 29.5 Å². The fraction of sp³-hybridized carbons (Fsp3) is 0.524. The van der Waals surface area contributed by atoms with Crippen molar-refractivity contribution in [2.75, 3.05) is 24.7 Å². The van der Waals surface area contributed by atoms with E-state index in [1.54, 1.807) is 10.9 Å². The summed E-state index contributed by atoms with van der Waals surface area (Å²) in [5, 5.41) is 0. The van der Waals surface area contributed by atoms with Gasteiger partial charge in [-0.15, -0.1) is 0 Å². The van der Waals surface area contributed by atoms with Gasteiger partial charge < -0.3 is 44.8 Å². The molecule has 0 aliphatic carbocycles. The Morgan fingerprint density at radius 2 is 1.82 bits per heavy atom. The average Bonchev–Trinajstić information content (AvgIpc) is 3.71. The van der Waals surface area contributed by atoms with Crippen molar-refractivity contribution in [2.24, 2.45) is 5.92 Å². The molecular formula is C21H28N10O9P2S2. The van der Waals surface area contributed by atoms with E-state index in [0.29, 0.717) is 17.6 Å². The number of aromatic nitrogens is 8. The van der Waals surface area contributed by atoms with Crippen molar-refractivity contribution in [3.8, 4) is 0 Å². The first kappa shape index (κ1) is 31.4. The summed E-state index contributed by atoms with van der Waals surface area (Å²) in [5.41, 5.74) is 12.4. The summed E-state index contributed by atoms with van der Waals surface area (Å²) in [6.07, 6.45) is 0.642. The molecule has 2 aliphatic heterocycles. The van der Waals surface area contributed by atoms with Gasteiger partial charge in [0.1, 0.15) is 36.0 Å². The third-order valence-corrected chi connectivity index (χ3v) is 9.69. The molecule has 0 radical (unpaired) electrons. The molecule has 238 valence electrons. The van der Waals surface area contributed by atoms with E-state index < -0.39 is 50.0 Å². The molecule has 2 unspecified atom stereocenters. The lowest BCUT2D eigenvalue weighted by molar-refractivity contribution is -0.0497. The first-order valence-corrected chi connectivity index (χ1v) is 18.4. The Morgan fingerprint density at radius 3 is 2.57 bits per heavy atom. The van der Waals surface area contributed by atoms with Gasteiger partial charge in [-0.05, 0) is 24.1 Å². The fourth-order valence-corrected chi connectivity index (χ4v) is 7.21. The van der Waals surface area contributed by atoms with Gasteiger partial charge in [0.25, 0.3) is 0 Å². The zero-order chi connectivity index (χ0) is 31.4. The van der Waals surface area contributed by atoms with Crippen LogP contribution in [0, 0.1) is 5.92 Å². The molecule has 0 saturated carbocycles. The van der Waals surface area contributed by atoms with Crippen LogP contribution >= 0.6 is 25.8 Å². The van der Waals surface area contributed by atoms with Gasteiger partial charge in [0.15, 0.2) is 29.2 Å². The molecule has 2 saturated heterocycles. The number of rotatable bonds is 10. The minimum Gasteiger partial charge on any atom is -0.382 e. The molecule has 44 heavy (non-hydrogen) atoms. The highest BCUT2D eigenvalue weighted by Gasteiger charge is 2.43. The van der Waals surface area contributed by atoms with E-state index in [-0.39, 0.29) is 48.4 Å². The number of hydrogen-bond donors (Lipinski definition) is 6. The SMILES string of the molecule is C[C@@H]1C[C@H](n2cnc3c(N)ncnc32)O[C@@H]1COP(O)(=S)O[C@@H]1C[C@@H](COP(=O)(O)S)O[C@H]1n1c(=O)[nH]c2c(N)ncnc21. The maximum Gasteiger partial charge on any atom is 0.383 e. The molecule has 6 heterocycles. The fourth-order valence-electron chi connectivity index (χ4n) is 5.21. The molecule has 0 bridgehead atoms. The Bertz CT molecular complexity index is 1850. The number of imidazole rings is 2. The van der Waals surface area contributed by atoms with Crippen molar-refractivity contribution in [1.29, 1.82) is 0 Å². The van der Waals surface area contributed by atoms with Gasteiger partial charge in [0.2, 0.25) is 0 Å². The van der Waals surface area contributed by atoms with Gasteiger partial charge in [-0.1, -0.05) is 19.2 Å². The van der Waals surface area contributed by atoms with Crippen LogP contribution in [-0.4, -0.2) is 80.4 Å². The molecule has 23 heteroatoms. The number of nitrogens with one attached hydrogen (secondary N) is 1. The number of nitrogens with zero attached hydrogens (tertiary/aromatic N) is 7. The van der Waals surface area contributed by atoms with Crippen LogP contribution in [0.25, 0.3) is 22.3 Å². The monoisotopic (exact) mass is 690 g/mol. The van der Waals surface area contributed by atoms with Gasteiger partial charge in [-0.3, -0.25) is 9.09 Å². The number of fused-ring (bicyclic) bond motifs is 2. The first-order valence-electron chi connectivity index (χ1n) is 13.1. The molecule has 0 amide bonds. The minimum atomic E-state index is -4.14. The predicted molar refractivity (Wildman–Crippen MR) is 161 cm³/mol. The molecule has 0 aromatic carbocycles. The third kappa shape index (κ3) is 6.40. The lowest BCUT2D eigenvalue weighted by atomic mass is 10.0. The molecule has 0 spiro atoms. The van der Waals surface area contributed by atoms with E-state index in [1.165, 1.54) is 12.7 Å². The van der Waals surface area contributed by atoms with Crippen molar-refractivity contribution < 1.29 is 37.4 Å².